The highest BCUT2D eigenvalue weighted by molar-refractivity contribution is 6.23. The molecule has 0 aliphatic heterocycles. The molecule has 5 heteroatoms. The van der Waals surface area contributed by atoms with Crippen LogP contribution in [0.15, 0.2) is 151 Å². The number of benzene rings is 6. The summed E-state index contributed by atoms with van der Waals surface area (Å²) in [6.45, 7) is 0. The normalized spacial score (nSPS) is 11.8. The lowest BCUT2D eigenvalue weighted by atomic mass is 9.90. The lowest BCUT2D eigenvalue weighted by Crippen LogP contribution is -1.93. The minimum Gasteiger partial charge on any atom is -0.455 e. The number of furan rings is 1. The lowest BCUT2D eigenvalue weighted by Gasteiger charge is -2.14. The van der Waals surface area contributed by atoms with E-state index in [-0.39, 0.29) is 0 Å². The fourth-order valence-corrected chi connectivity index (χ4v) is 7.11. The predicted octanol–water partition coefficient (Wildman–Crippen LogP) is 10.8. The SMILES string of the molecule is c1ccc2c(c1)ccc1cc(-c3ccc(-c4nc5cncnc5c5c4ccc4c6ccccc6oc45)cc3)cc(-c3ccncc3)c12. The summed E-state index contributed by atoms with van der Waals surface area (Å²) in [7, 11) is 0. The first-order chi connectivity index (χ1) is 23.3. The van der Waals surface area contributed by atoms with Crippen LogP contribution in [-0.4, -0.2) is 19.9 Å². The monoisotopic (exact) mass is 600 g/mol. The quantitative estimate of drug-likeness (QED) is 0.189. The number of fused-ring (bicyclic) bond motifs is 10. The zero-order chi connectivity index (χ0) is 30.9. The minimum absolute atomic E-state index is 0.732. The van der Waals surface area contributed by atoms with E-state index >= 15 is 0 Å². The van der Waals surface area contributed by atoms with Crippen LogP contribution >= 0.6 is 0 Å². The summed E-state index contributed by atoms with van der Waals surface area (Å²) in [4.78, 5) is 18.3. The third-order valence-electron chi connectivity index (χ3n) is 9.29. The third kappa shape index (κ3) is 3.97. The second kappa shape index (κ2) is 10.0. The number of hydrogen-bond donors (Lipinski definition) is 0. The predicted molar refractivity (Wildman–Crippen MR) is 191 cm³/mol. The Morgan fingerprint density at radius 2 is 1.28 bits per heavy atom. The number of rotatable bonds is 3. The van der Waals surface area contributed by atoms with Gasteiger partial charge in [-0.25, -0.2) is 15.0 Å². The summed E-state index contributed by atoms with van der Waals surface area (Å²) >= 11 is 0. The van der Waals surface area contributed by atoms with E-state index in [9.17, 15) is 0 Å². The highest BCUT2D eigenvalue weighted by Crippen LogP contribution is 2.41. The first kappa shape index (κ1) is 25.8. The molecule has 10 rings (SSSR count). The second-order valence-electron chi connectivity index (χ2n) is 11.9. The van der Waals surface area contributed by atoms with E-state index < -0.39 is 0 Å². The molecule has 0 aliphatic carbocycles. The number of para-hydroxylation sites is 1. The number of pyridine rings is 2. The molecular formula is C42H24N4O. The molecule has 0 unspecified atom stereocenters. The standard InChI is InChI=1S/C42H24N4O/c1-2-6-31-26(5-1)11-14-29-21-30(22-35(38(29)31)27-17-19-43-20-18-27)25-9-12-28(13-10-25)40-34-16-15-33-32-7-3-4-8-37(32)47-42(33)39(34)41-36(46-40)23-44-24-45-41/h1-24H. The first-order valence-electron chi connectivity index (χ1n) is 15.6. The van der Waals surface area contributed by atoms with Crippen molar-refractivity contribution < 1.29 is 4.42 Å². The first-order valence-corrected chi connectivity index (χ1v) is 15.6. The van der Waals surface area contributed by atoms with Gasteiger partial charge in [0.2, 0.25) is 0 Å². The molecule has 47 heavy (non-hydrogen) atoms. The lowest BCUT2D eigenvalue weighted by molar-refractivity contribution is 0.673. The van der Waals surface area contributed by atoms with Gasteiger partial charge in [0.15, 0.2) is 0 Å². The van der Waals surface area contributed by atoms with E-state index in [1.54, 1.807) is 12.5 Å². The van der Waals surface area contributed by atoms with Crippen LogP contribution in [0.2, 0.25) is 0 Å². The Hall–Kier alpha value is -6.46. The molecule has 0 saturated heterocycles. The highest BCUT2D eigenvalue weighted by atomic mass is 16.3. The maximum Gasteiger partial charge on any atom is 0.145 e. The van der Waals surface area contributed by atoms with Crippen LogP contribution in [0.5, 0.6) is 0 Å². The van der Waals surface area contributed by atoms with Gasteiger partial charge < -0.3 is 4.42 Å². The highest BCUT2D eigenvalue weighted by Gasteiger charge is 2.18. The van der Waals surface area contributed by atoms with E-state index in [2.05, 4.69) is 118 Å². The van der Waals surface area contributed by atoms with Gasteiger partial charge in [-0.1, -0.05) is 84.9 Å². The van der Waals surface area contributed by atoms with Crippen molar-refractivity contribution in [1.82, 2.24) is 19.9 Å². The van der Waals surface area contributed by atoms with Crippen molar-refractivity contribution in [2.45, 2.75) is 0 Å². The van der Waals surface area contributed by atoms with E-state index in [0.29, 0.717) is 0 Å². The van der Waals surface area contributed by atoms with E-state index in [4.69, 9.17) is 9.40 Å². The summed E-state index contributed by atoms with van der Waals surface area (Å²) in [6.07, 6.45) is 7.07. The summed E-state index contributed by atoms with van der Waals surface area (Å²) in [5.74, 6) is 0. The van der Waals surface area contributed by atoms with Crippen molar-refractivity contribution >= 4 is 65.3 Å². The van der Waals surface area contributed by atoms with Gasteiger partial charge in [-0.15, -0.1) is 0 Å². The van der Waals surface area contributed by atoms with Crippen LogP contribution < -0.4 is 0 Å². The van der Waals surface area contributed by atoms with Crippen LogP contribution in [0.25, 0.3) is 98.8 Å². The summed E-state index contributed by atoms with van der Waals surface area (Å²) in [5, 5.41) is 9.03. The molecule has 0 radical (unpaired) electrons. The molecule has 6 aromatic carbocycles. The van der Waals surface area contributed by atoms with Crippen LogP contribution in [0.3, 0.4) is 0 Å². The Kier molecular flexibility index (Phi) is 5.51. The Morgan fingerprint density at radius 1 is 0.511 bits per heavy atom. The van der Waals surface area contributed by atoms with Gasteiger partial charge >= 0.3 is 0 Å². The van der Waals surface area contributed by atoms with E-state index in [1.807, 2.05) is 30.6 Å². The summed E-state index contributed by atoms with van der Waals surface area (Å²) < 4.78 is 6.46. The minimum atomic E-state index is 0.732. The molecule has 0 amide bonds. The molecule has 218 valence electrons. The molecule has 0 fully saturated rings. The maximum absolute atomic E-state index is 6.46. The van der Waals surface area contributed by atoms with Gasteiger partial charge in [0.05, 0.1) is 17.3 Å². The molecule has 10 aromatic rings. The Labute approximate surface area is 268 Å². The average Bonchev–Trinajstić information content (AvgIpc) is 3.53. The van der Waals surface area contributed by atoms with Gasteiger partial charge in [-0.05, 0) is 80.2 Å². The Morgan fingerprint density at radius 3 is 2.17 bits per heavy atom. The second-order valence-corrected chi connectivity index (χ2v) is 11.9. The van der Waals surface area contributed by atoms with Crippen LogP contribution in [-0.2, 0) is 0 Å². The molecule has 0 N–H and O–H groups in total. The van der Waals surface area contributed by atoms with Crippen molar-refractivity contribution in [3.8, 4) is 33.5 Å². The van der Waals surface area contributed by atoms with Crippen LogP contribution in [0, 0.1) is 0 Å². The molecule has 4 heterocycles. The molecule has 0 aliphatic rings. The third-order valence-corrected chi connectivity index (χ3v) is 9.29. The molecule has 4 aromatic heterocycles. The van der Waals surface area contributed by atoms with Gasteiger partial charge in [0, 0.05) is 34.1 Å². The fraction of sp³-hybridized carbons (Fsp3) is 0. The molecule has 0 saturated carbocycles. The van der Waals surface area contributed by atoms with Gasteiger partial charge in [-0.3, -0.25) is 4.98 Å². The average molecular weight is 601 g/mol. The van der Waals surface area contributed by atoms with Gasteiger partial charge in [0.25, 0.3) is 0 Å². The fourth-order valence-electron chi connectivity index (χ4n) is 7.11. The van der Waals surface area contributed by atoms with Crippen molar-refractivity contribution in [3.63, 3.8) is 0 Å². The smallest absolute Gasteiger partial charge is 0.145 e. The number of hydrogen-bond acceptors (Lipinski definition) is 5. The zero-order valence-electron chi connectivity index (χ0n) is 25.1. The maximum atomic E-state index is 6.46. The van der Waals surface area contributed by atoms with Crippen LogP contribution in [0.1, 0.15) is 0 Å². The van der Waals surface area contributed by atoms with Gasteiger partial charge in [-0.2, -0.15) is 0 Å². The van der Waals surface area contributed by atoms with Crippen LogP contribution in [0.4, 0.5) is 0 Å². The molecule has 5 nitrogen and oxygen atoms in total. The van der Waals surface area contributed by atoms with Crippen molar-refractivity contribution in [2.24, 2.45) is 0 Å². The van der Waals surface area contributed by atoms with Crippen molar-refractivity contribution in [1.29, 1.82) is 0 Å². The van der Waals surface area contributed by atoms with E-state index in [1.165, 1.54) is 27.1 Å². The molecule has 0 spiro atoms. The number of aromatic nitrogens is 4. The Bertz CT molecular complexity index is 2840. The topological polar surface area (TPSA) is 64.7 Å². The summed E-state index contributed by atoms with van der Waals surface area (Å²) in [6, 6.07) is 42.9. The molecular weight excluding hydrogens is 576 g/mol. The Balaban J connectivity index is 1.17. The van der Waals surface area contributed by atoms with E-state index in [0.717, 1.165) is 71.7 Å². The molecule has 0 bridgehead atoms. The molecule has 0 atom stereocenters. The van der Waals surface area contributed by atoms with Crippen molar-refractivity contribution in [3.05, 3.63) is 146 Å². The number of nitrogens with zero attached hydrogens (tertiary/aromatic N) is 4. The largest absolute Gasteiger partial charge is 0.455 e. The zero-order valence-corrected chi connectivity index (χ0v) is 25.1. The summed E-state index contributed by atoms with van der Waals surface area (Å²) in [5.41, 5.74) is 9.70. The van der Waals surface area contributed by atoms with Gasteiger partial charge in [0.1, 0.15) is 28.5 Å². The van der Waals surface area contributed by atoms with Crippen molar-refractivity contribution in [2.75, 3.05) is 0 Å².